The number of phenols is 1. The molecule has 0 fully saturated rings. The van der Waals surface area contributed by atoms with Crippen molar-refractivity contribution >= 4 is 60.7 Å². The third-order valence-corrected chi connectivity index (χ3v) is 6.05. The number of benzene rings is 3. The number of amidine groups is 1. The Kier molecular flexibility index (Phi) is 6.30. The molecule has 0 saturated carbocycles. The Bertz CT molecular complexity index is 1110. The highest BCUT2D eigenvalue weighted by Crippen LogP contribution is 2.34. The van der Waals surface area contributed by atoms with Gasteiger partial charge in [0, 0.05) is 15.7 Å². The fraction of sp³-hybridized carbons (Fsp3) is 0. The molecule has 2 N–H and O–H groups in total. The molecule has 0 aromatic heterocycles. The van der Waals surface area contributed by atoms with Gasteiger partial charge in [0.25, 0.3) is 10.0 Å². The number of phenolic OH excluding ortho intramolecular Hbond substituents is 1. The highest BCUT2D eigenvalue weighted by molar-refractivity contribution is 9.10. The lowest BCUT2D eigenvalue weighted by molar-refractivity contribution is 0.476. The molecule has 3 aromatic rings. The van der Waals surface area contributed by atoms with Crippen LogP contribution in [0.15, 0.2) is 80.5 Å². The Morgan fingerprint density at radius 2 is 1.54 bits per heavy atom. The molecule has 0 bridgehead atoms. The Hall–Kier alpha value is -2.06. The Balaban J connectivity index is 2.07. The summed E-state index contributed by atoms with van der Waals surface area (Å²) < 4.78 is 30.3. The van der Waals surface area contributed by atoms with Gasteiger partial charge in [-0.25, -0.2) is 0 Å². The number of hydrogen-bond donors (Lipinski definition) is 2. The lowest BCUT2D eigenvalue weighted by atomic mass is 10.2. The first kappa shape index (κ1) is 20.7. The number of sulfonamides is 1. The summed E-state index contributed by atoms with van der Waals surface area (Å²) in [5.41, 5.74) is 0.921. The molecule has 0 unspecified atom stereocenters. The molecule has 28 heavy (non-hydrogen) atoms. The van der Waals surface area contributed by atoms with Gasteiger partial charge in [0.05, 0.1) is 14.9 Å². The normalized spacial score (nSPS) is 12.0. The minimum absolute atomic E-state index is 0.0261. The molecule has 3 rings (SSSR count). The molecule has 0 heterocycles. The Labute approximate surface area is 180 Å². The summed E-state index contributed by atoms with van der Waals surface area (Å²) in [4.78, 5) is 0.0488. The van der Waals surface area contributed by atoms with E-state index in [-0.39, 0.29) is 26.5 Å². The monoisotopic (exact) mass is 498 g/mol. The SMILES string of the molecule is O=S(=O)(/N=C(\Nc1cc(Cl)c(O)c(Cl)c1)c1ccccc1)c1ccc(Br)cc1. The molecule has 0 aliphatic rings. The molecule has 0 atom stereocenters. The smallest absolute Gasteiger partial charge is 0.284 e. The lowest BCUT2D eigenvalue weighted by Gasteiger charge is -2.12. The third kappa shape index (κ3) is 4.86. The van der Waals surface area contributed by atoms with Crippen molar-refractivity contribution < 1.29 is 13.5 Å². The predicted molar refractivity (Wildman–Crippen MR) is 116 cm³/mol. The molecular weight excluding hydrogens is 487 g/mol. The summed E-state index contributed by atoms with van der Waals surface area (Å²) in [7, 11) is -3.98. The zero-order chi connectivity index (χ0) is 20.3. The largest absolute Gasteiger partial charge is 0.505 e. The summed E-state index contributed by atoms with van der Waals surface area (Å²) in [6.45, 7) is 0. The minimum Gasteiger partial charge on any atom is -0.505 e. The van der Waals surface area contributed by atoms with Crippen LogP contribution in [0.1, 0.15) is 5.56 Å². The summed E-state index contributed by atoms with van der Waals surface area (Å²) in [5, 5.41) is 12.7. The first-order chi connectivity index (χ1) is 13.3. The van der Waals surface area contributed by atoms with Crippen molar-refractivity contribution in [3.8, 4) is 5.75 Å². The first-order valence-electron chi connectivity index (χ1n) is 7.87. The van der Waals surface area contributed by atoms with E-state index in [1.165, 1.54) is 24.3 Å². The van der Waals surface area contributed by atoms with Gasteiger partial charge in [-0.05, 0) is 36.4 Å². The summed E-state index contributed by atoms with van der Waals surface area (Å²) >= 11 is 15.2. The number of anilines is 1. The second-order valence-corrected chi connectivity index (χ2v) is 8.98. The maximum Gasteiger partial charge on any atom is 0.284 e. The topological polar surface area (TPSA) is 78.8 Å². The summed E-state index contributed by atoms with van der Waals surface area (Å²) in [5.74, 6) is -0.170. The third-order valence-electron chi connectivity index (χ3n) is 3.65. The summed E-state index contributed by atoms with van der Waals surface area (Å²) in [6.07, 6.45) is 0. The average Bonchev–Trinajstić information content (AvgIpc) is 2.66. The van der Waals surface area contributed by atoms with Crippen LogP contribution in [0.2, 0.25) is 10.0 Å². The Morgan fingerprint density at radius 3 is 2.11 bits per heavy atom. The van der Waals surface area contributed by atoms with Crippen molar-refractivity contribution in [1.82, 2.24) is 0 Å². The van der Waals surface area contributed by atoms with Gasteiger partial charge in [0.2, 0.25) is 0 Å². The summed E-state index contributed by atoms with van der Waals surface area (Å²) in [6, 6.07) is 17.8. The van der Waals surface area contributed by atoms with Crippen LogP contribution < -0.4 is 5.32 Å². The first-order valence-corrected chi connectivity index (χ1v) is 10.9. The number of nitrogens with one attached hydrogen (secondary N) is 1. The minimum atomic E-state index is -3.98. The number of aromatic hydroxyl groups is 1. The van der Waals surface area contributed by atoms with Crippen LogP contribution in [-0.2, 0) is 10.0 Å². The molecule has 0 spiro atoms. The number of nitrogens with zero attached hydrogens (tertiary/aromatic N) is 1. The zero-order valence-corrected chi connectivity index (χ0v) is 18.0. The molecule has 0 aliphatic heterocycles. The van der Waals surface area contributed by atoms with Crippen molar-refractivity contribution in [2.24, 2.45) is 4.40 Å². The molecule has 9 heteroatoms. The van der Waals surface area contributed by atoms with Gasteiger partial charge in [-0.3, -0.25) is 0 Å². The molecule has 144 valence electrons. The van der Waals surface area contributed by atoms with E-state index in [4.69, 9.17) is 23.2 Å². The van der Waals surface area contributed by atoms with Crippen molar-refractivity contribution in [3.05, 3.63) is 86.8 Å². The average molecular weight is 500 g/mol. The van der Waals surface area contributed by atoms with Gasteiger partial charge >= 0.3 is 0 Å². The quantitative estimate of drug-likeness (QED) is 0.274. The van der Waals surface area contributed by atoms with E-state index in [9.17, 15) is 13.5 Å². The van der Waals surface area contributed by atoms with E-state index < -0.39 is 10.0 Å². The van der Waals surface area contributed by atoms with Gasteiger partial charge in [-0.1, -0.05) is 69.5 Å². The van der Waals surface area contributed by atoms with E-state index in [1.807, 2.05) is 0 Å². The van der Waals surface area contributed by atoms with E-state index in [0.717, 1.165) is 4.47 Å². The van der Waals surface area contributed by atoms with Gasteiger partial charge in [-0.2, -0.15) is 8.42 Å². The highest BCUT2D eigenvalue weighted by atomic mass is 79.9. The molecular formula is C19H13BrCl2N2O3S. The fourth-order valence-corrected chi connectivity index (χ4v) is 4.03. The standard InChI is InChI=1S/C19H13BrCl2N2O3S/c20-13-6-8-15(9-7-13)28(26,27)24-19(12-4-2-1-3-5-12)23-14-10-16(21)18(25)17(22)11-14/h1-11,25H,(H,23,24). The number of rotatable bonds is 4. The highest BCUT2D eigenvalue weighted by Gasteiger charge is 2.17. The van der Waals surface area contributed by atoms with Gasteiger partial charge in [0.15, 0.2) is 11.6 Å². The van der Waals surface area contributed by atoms with E-state index in [0.29, 0.717) is 11.3 Å². The van der Waals surface area contributed by atoms with Crippen LogP contribution in [0.3, 0.4) is 0 Å². The second-order valence-electron chi connectivity index (χ2n) is 5.65. The lowest BCUT2D eigenvalue weighted by Crippen LogP contribution is -2.16. The van der Waals surface area contributed by atoms with Gasteiger partial charge < -0.3 is 10.4 Å². The van der Waals surface area contributed by atoms with E-state index >= 15 is 0 Å². The van der Waals surface area contributed by atoms with E-state index in [1.54, 1.807) is 42.5 Å². The van der Waals surface area contributed by atoms with Gasteiger partial charge in [0.1, 0.15) is 0 Å². The van der Waals surface area contributed by atoms with Crippen LogP contribution in [0.25, 0.3) is 0 Å². The van der Waals surface area contributed by atoms with Crippen molar-refractivity contribution in [3.63, 3.8) is 0 Å². The molecule has 0 radical (unpaired) electrons. The molecule has 3 aromatic carbocycles. The van der Waals surface area contributed by atoms with Crippen molar-refractivity contribution in [2.75, 3.05) is 5.32 Å². The number of hydrogen-bond acceptors (Lipinski definition) is 3. The van der Waals surface area contributed by atoms with Crippen LogP contribution in [0, 0.1) is 0 Å². The maximum absolute atomic E-state index is 12.8. The molecule has 5 nitrogen and oxygen atoms in total. The van der Waals surface area contributed by atoms with Crippen molar-refractivity contribution in [2.45, 2.75) is 4.90 Å². The number of halogens is 3. The van der Waals surface area contributed by atoms with Crippen LogP contribution in [0.4, 0.5) is 5.69 Å². The molecule has 0 saturated heterocycles. The Morgan fingerprint density at radius 1 is 0.964 bits per heavy atom. The second kappa shape index (κ2) is 8.53. The van der Waals surface area contributed by atoms with Crippen LogP contribution >= 0.6 is 39.1 Å². The van der Waals surface area contributed by atoms with E-state index in [2.05, 4.69) is 25.6 Å². The molecule has 0 aliphatic carbocycles. The van der Waals surface area contributed by atoms with Gasteiger partial charge in [-0.15, -0.1) is 4.40 Å². The fourth-order valence-electron chi connectivity index (χ4n) is 2.30. The predicted octanol–water partition coefficient (Wildman–Crippen LogP) is 5.71. The van der Waals surface area contributed by atoms with Crippen molar-refractivity contribution in [1.29, 1.82) is 0 Å². The maximum atomic E-state index is 12.8. The zero-order valence-electron chi connectivity index (χ0n) is 14.1. The van der Waals surface area contributed by atoms with Crippen LogP contribution in [-0.4, -0.2) is 19.4 Å². The van der Waals surface area contributed by atoms with Crippen LogP contribution in [0.5, 0.6) is 5.75 Å². The molecule has 0 amide bonds.